The number of ether oxygens (including phenoxy) is 1. The number of hydrogen-bond donors (Lipinski definition) is 2. The van der Waals surface area contributed by atoms with E-state index in [1.54, 1.807) is 0 Å². The molecule has 1 saturated heterocycles. The predicted octanol–water partition coefficient (Wildman–Crippen LogP) is 0.620. The Balaban J connectivity index is 2.21. The SMILES string of the molecule is CC1(NCCC(=O)O)CCCOC1. The Kier molecular flexibility index (Phi) is 3.69. The molecule has 1 atom stereocenters. The maximum absolute atomic E-state index is 10.3. The summed E-state index contributed by atoms with van der Waals surface area (Å²) < 4.78 is 5.33. The van der Waals surface area contributed by atoms with E-state index in [1.165, 1.54) is 0 Å². The van der Waals surface area contributed by atoms with Crippen LogP contribution in [0.25, 0.3) is 0 Å². The van der Waals surface area contributed by atoms with E-state index in [1.807, 2.05) is 0 Å². The highest BCUT2D eigenvalue weighted by Gasteiger charge is 2.26. The van der Waals surface area contributed by atoms with Crippen LogP contribution in [0, 0.1) is 0 Å². The van der Waals surface area contributed by atoms with Gasteiger partial charge in [-0.1, -0.05) is 0 Å². The van der Waals surface area contributed by atoms with Crippen LogP contribution in [0.15, 0.2) is 0 Å². The fourth-order valence-corrected chi connectivity index (χ4v) is 1.54. The van der Waals surface area contributed by atoms with Crippen molar-refractivity contribution in [3.05, 3.63) is 0 Å². The lowest BCUT2D eigenvalue weighted by Gasteiger charge is -2.34. The summed E-state index contributed by atoms with van der Waals surface area (Å²) in [5, 5.41) is 11.7. The molecule has 0 aromatic carbocycles. The molecule has 1 rings (SSSR count). The molecule has 0 amide bonds. The van der Waals surface area contributed by atoms with E-state index in [0.29, 0.717) is 13.2 Å². The third kappa shape index (κ3) is 3.74. The molecule has 1 heterocycles. The van der Waals surface area contributed by atoms with Gasteiger partial charge in [-0.05, 0) is 19.8 Å². The second-order valence-corrected chi connectivity index (χ2v) is 3.79. The molecule has 0 radical (unpaired) electrons. The minimum Gasteiger partial charge on any atom is -0.481 e. The summed E-state index contributed by atoms with van der Waals surface area (Å²) in [6, 6.07) is 0. The fraction of sp³-hybridized carbons (Fsp3) is 0.889. The van der Waals surface area contributed by atoms with Crippen molar-refractivity contribution in [1.29, 1.82) is 0 Å². The fourth-order valence-electron chi connectivity index (χ4n) is 1.54. The highest BCUT2D eigenvalue weighted by Crippen LogP contribution is 2.17. The lowest BCUT2D eigenvalue weighted by molar-refractivity contribution is -0.137. The van der Waals surface area contributed by atoms with E-state index in [0.717, 1.165) is 19.4 Å². The van der Waals surface area contributed by atoms with Gasteiger partial charge in [0.05, 0.1) is 13.0 Å². The van der Waals surface area contributed by atoms with Crippen molar-refractivity contribution in [2.24, 2.45) is 0 Å². The van der Waals surface area contributed by atoms with Crippen LogP contribution < -0.4 is 5.32 Å². The average molecular weight is 187 g/mol. The zero-order valence-electron chi connectivity index (χ0n) is 8.01. The molecule has 0 aliphatic carbocycles. The maximum atomic E-state index is 10.3. The molecule has 4 heteroatoms. The van der Waals surface area contributed by atoms with Gasteiger partial charge in [0.15, 0.2) is 0 Å². The van der Waals surface area contributed by atoms with Crippen molar-refractivity contribution in [3.8, 4) is 0 Å². The molecule has 1 aliphatic heterocycles. The summed E-state index contributed by atoms with van der Waals surface area (Å²) in [7, 11) is 0. The highest BCUT2D eigenvalue weighted by atomic mass is 16.5. The van der Waals surface area contributed by atoms with Gasteiger partial charge in [0.25, 0.3) is 0 Å². The van der Waals surface area contributed by atoms with Gasteiger partial charge in [0.2, 0.25) is 0 Å². The third-order valence-electron chi connectivity index (χ3n) is 2.33. The molecule has 0 bridgehead atoms. The van der Waals surface area contributed by atoms with Crippen molar-refractivity contribution >= 4 is 5.97 Å². The Hall–Kier alpha value is -0.610. The van der Waals surface area contributed by atoms with Gasteiger partial charge >= 0.3 is 5.97 Å². The largest absolute Gasteiger partial charge is 0.481 e. The van der Waals surface area contributed by atoms with Crippen LogP contribution in [0.2, 0.25) is 0 Å². The zero-order chi connectivity index (χ0) is 9.73. The third-order valence-corrected chi connectivity index (χ3v) is 2.33. The molecule has 2 N–H and O–H groups in total. The predicted molar refractivity (Wildman–Crippen MR) is 48.7 cm³/mol. The number of rotatable bonds is 4. The average Bonchev–Trinajstić information content (AvgIpc) is 2.04. The van der Waals surface area contributed by atoms with Gasteiger partial charge in [-0.2, -0.15) is 0 Å². The number of aliphatic carboxylic acids is 1. The van der Waals surface area contributed by atoms with E-state index in [4.69, 9.17) is 9.84 Å². The summed E-state index contributed by atoms with van der Waals surface area (Å²) in [5.74, 6) is -0.757. The summed E-state index contributed by atoms with van der Waals surface area (Å²) in [6.07, 6.45) is 2.29. The minimum atomic E-state index is -0.757. The van der Waals surface area contributed by atoms with E-state index in [9.17, 15) is 4.79 Å². The van der Waals surface area contributed by atoms with Crippen molar-refractivity contribution < 1.29 is 14.6 Å². The van der Waals surface area contributed by atoms with Crippen molar-refractivity contribution in [2.45, 2.75) is 31.7 Å². The molecule has 0 aromatic heterocycles. The summed E-state index contributed by atoms with van der Waals surface area (Å²) in [6.45, 7) is 4.12. The van der Waals surface area contributed by atoms with Crippen LogP contribution in [-0.4, -0.2) is 36.4 Å². The van der Waals surface area contributed by atoms with E-state index in [2.05, 4.69) is 12.2 Å². The zero-order valence-corrected chi connectivity index (χ0v) is 8.01. The van der Waals surface area contributed by atoms with Crippen LogP contribution in [-0.2, 0) is 9.53 Å². The topological polar surface area (TPSA) is 58.6 Å². The molecule has 1 fully saturated rings. The molecule has 0 saturated carbocycles. The van der Waals surface area contributed by atoms with Crippen LogP contribution in [0.4, 0.5) is 0 Å². The van der Waals surface area contributed by atoms with Crippen LogP contribution in [0.3, 0.4) is 0 Å². The lowest BCUT2D eigenvalue weighted by atomic mass is 9.95. The van der Waals surface area contributed by atoms with Gasteiger partial charge in [-0.25, -0.2) is 0 Å². The van der Waals surface area contributed by atoms with Gasteiger partial charge in [0, 0.05) is 18.7 Å². The number of carboxylic acids is 1. The first kappa shape index (κ1) is 10.5. The molecule has 1 aliphatic rings. The Morgan fingerprint density at radius 3 is 3.00 bits per heavy atom. The molecule has 0 aromatic rings. The van der Waals surface area contributed by atoms with Crippen LogP contribution >= 0.6 is 0 Å². The Morgan fingerprint density at radius 1 is 1.69 bits per heavy atom. The van der Waals surface area contributed by atoms with E-state index in [-0.39, 0.29) is 12.0 Å². The smallest absolute Gasteiger partial charge is 0.304 e. The lowest BCUT2D eigenvalue weighted by Crippen LogP contribution is -2.49. The quantitative estimate of drug-likeness (QED) is 0.677. The van der Waals surface area contributed by atoms with Crippen LogP contribution in [0.1, 0.15) is 26.2 Å². The monoisotopic (exact) mass is 187 g/mol. The second-order valence-electron chi connectivity index (χ2n) is 3.79. The molecule has 13 heavy (non-hydrogen) atoms. The molecule has 0 spiro atoms. The standard InChI is InChI=1S/C9H17NO3/c1-9(4-2-6-13-7-9)10-5-3-8(11)12/h10H,2-7H2,1H3,(H,11,12). The Morgan fingerprint density at radius 2 is 2.46 bits per heavy atom. The van der Waals surface area contributed by atoms with Crippen molar-refractivity contribution in [2.75, 3.05) is 19.8 Å². The summed E-state index contributed by atoms with van der Waals surface area (Å²) in [4.78, 5) is 10.3. The first-order valence-corrected chi connectivity index (χ1v) is 4.67. The molecular weight excluding hydrogens is 170 g/mol. The maximum Gasteiger partial charge on any atom is 0.304 e. The van der Waals surface area contributed by atoms with Gasteiger partial charge in [0.1, 0.15) is 0 Å². The number of carbonyl (C=O) groups is 1. The summed E-state index contributed by atoms with van der Waals surface area (Å²) in [5.41, 5.74) is -0.0201. The van der Waals surface area contributed by atoms with Gasteiger partial charge in [-0.3, -0.25) is 4.79 Å². The highest BCUT2D eigenvalue weighted by molar-refractivity contribution is 5.66. The number of nitrogens with one attached hydrogen (secondary N) is 1. The van der Waals surface area contributed by atoms with Gasteiger partial charge < -0.3 is 15.2 Å². The van der Waals surface area contributed by atoms with Crippen LogP contribution in [0.5, 0.6) is 0 Å². The van der Waals surface area contributed by atoms with Crippen molar-refractivity contribution in [1.82, 2.24) is 5.32 Å². The first-order valence-electron chi connectivity index (χ1n) is 4.67. The minimum absolute atomic E-state index is 0.0201. The molecular formula is C9H17NO3. The Bertz CT molecular complexity index is 176. The van der Waals surface area contributed by atoms with Gasteiger partial charge in [-0.15, -0.1) is 0 Å². The Labute approximate surface area is 78.3 Å². The number of hydrogen-bond acceptors (Lipinski definition) is 3. The summed E-state index contributed by atoms with van der Waals surface area (Å²) >= 11 is 0. The number of carboxylic acid groups (broad SMARTS) is 1. The van der Waals surface area contributed by atoms with E-state index < -0.39 is 5.97 Å². The first-order chi connectivity index (χ1) is 6.12. The normalized spacial score (nSPS) is 28.7. The molecule has 1 unspecified atom stereocenters. The van der Waals surface area contributed by atoms with E-state index >= 15 is 0 Å². The molecule has 76 valence electrons. The van der Waals surface area contributed by atoms with Crippen molar-refractivity contribution in [3.63, 3.8) is 0 Å². The molecule has 4 nitrogen and oxygen atoms in total. The second kappa shape index (κ2) is 4.58.